The Morgan fingerprint density at radius 3 is 2.20 bits per heavy atom. The monoisotopic (exact) mass is 398 g/mol. The lowest BCUT2D eigenvalue weighted by molar-refractivity contribution is 0.384. The lowest BCUT2D eigenvalue weighted by Gasteiger charge is -2.35. The number of benzene rings is 2. The van der Waals surface area contributed by atoms with Crippen molar-refractivity contribution < 1.29 is 8.42 Å². The second kappa shape index (κ2) is 7.16. The third kappa shape index (κ3) is 3.80. The minimum atomic E-state index is -3.48. The smallest absolute Gasteiger partial charge is 0.243 e. The van der Waals surface area contributed by atoms with E-state index in [9.17, 15) is 8.42 Å². The Morgan fingerprint density at radius 2 is 1.56 bits per heavy atom. The molecule has 0 bridgehead atoms. The topological polar surface area (TPSA) is 40.6 Å². The summed E-state index contributed by atoms with van der Waals surface area (Å²) in [6.45, 7) is 5.84. The first-order valence-electron chi connectivity index (χ1n) is 8.06. The van der Waals surface area contributed by atoms with Crippen molar-refractivity contribution in [3.05, 3.63) is 57.6 Å². The van der Waals surface area contributed by atoms with Crippen molar-refractivity contribution in [2.45, 2.75) is 18.7 Å². The van der Waals surface area contributed by atoms with Gasteiger partial charge in [0.15, 0.2) is 0 Å². The highest BCUT2D eigenvalue weighted by Crippen LogP contribution is 2.29. The quantitative estimate of drug-likeness (QED) is 0.780. The number of hydrogen-bond donors (Lipinski definition) is 0. The van der Waals surface area contributed by atoms with Gasteiger partial charge in [0, 0.05) is 31.9 Å². The lowest BCUT2D eigenvalue weighted by atomic mass is 10.2. The van der Waals surface area contributed by atoms with Crippen molar-refractivity contribution in [3.8, 4) is 0 Å². The second-order valence-electron chi connectivity index (χ2n) is 6.26. The van der Waals surface area contributed by atoms with Crippen molar-refractivity contribution >= 4 is 38.9 Å². The van der Waals surface area contributed by atoms with Crippen molar-refractivity contribution in [1.29, 1.82) is 0 Å². The van der Waals surface area contributed by atoms with Crippen LogP contribution in [0.3, 0.4) is 0 Å². The van der Waals surface area contributed by atoms with Crippen LogP contribution in [0.1, 0.15) is 11.1 Å². The van der Waals surface area contributed by atoms with Gasteiger partial charge in [-0.15, -0.1) is 0 Å². The van der Waals surface area contributed by atoms with Gasteiger partial charge >= 0.3 is 0 Å². The molecule has 0 N–H and O–H groups in total. The fourth-order valence-electron chi connectivity index (χ4n) is 2.99. The van der Waals surface area contributed by atoms with Crippen molar-refractivity contribution in [2.24, 2.45) is 0 Å². The molecule has 0 atom stereocenters. The van der Waals surface area contributed by atoms with Crippen LogP contribution >= 0.6 is 23.2 Å². The summed E-state index contributed by atoms with van der Waals surface area (Å²) in [4.78, 5) is 2.52. The van der Waals surface area contributed by atoms with Gasteiger partial charge in [-0.1, -0.05) is 35.3 Å². The molecule has 1 saturated heterocycles. The van der Waals surface area contributed by atoms with E-state index in [1.54, 1.807) is 16.4 Å². The molecule has 0 saturated carbocycles. The van der Waals surface area contributed by atoms with Crippen LogP contribution in [0.25, 0.3) is 0 Å². The summed E-state index contributed by atoms with van der Waals surface area (Å²) in [5.74, 6) is 0. The van der Waals surface area contributed by atoms with Gasteiger partial charge in [-0.25, -0.2) is 8.42 Å². The molecule has 1 fully saturated rings. The summed E-state index contributed by atoms with van der Waals surface area (Å²) >= 11 is 12.0. The number of rotatable bonds is 3. The van der Waals surface area contributed by atoms with Gasteiger partial charge in [0.2, 0.25) is 10.0 Å². The van der Waals surface area contributed by atoms with E-state index in [2.05, 4.69) is 4.90 Å². The van der Waals surface area contributed by atoms with Gasteiger partial charge in [0.25, 0.3) is 0 Å². The van der Waals surface area contributed by atoms with Crippen LogP contribution in [0.4, 0.5) is 5.69 Å². The van der Waals surface area contributed by atoms with Gasteiger partial charge in [-0.3, -0.25) is 0 Å². The number of sulfonamides is 1. The van der Waals surface area contributed by atoms with Crippen LogP contribution in [0.5, 0.6) is 0 Å². The zero-order valence-corrected chi connectivity index (χ0v) is 16.5. The Balaban J connectivity index is 1.77. The summed E-state index contributed by atoms with van der Waals surface area (Å²) in [5.41, 5.74) is 2.68. The Morgan fingerprint density at radius 1 is 0.880 bits per heavy atom. The molecule has 0 unspecified atom stereocenters. The normalized spacial score (nSPS) is 16.2. The van der Waals surface area contributed by atoms with Crippen molar-refractivity contribution in [2.75, 3.05) is 31.1 Å². The van der Waals surface area contributed by atoms with Gasteiger partial charge in [-0.05, 0) is 49.2 Å². The van der Waals surface area contributed by atoms with E-state index >= 15 is 0 Å². The van der Waals surface area contributed by atoms with E-state index in [1.807, 2.05) is 38.1 Å². The summed E-state index contributed by atoms with van der Waals surface area (Å²) in [6, 6.07) is 11.0. The molecule has 1 aliphatic rings. The maximum atomic E-state index is 13.0. The molecule has 3 rings (SSSR count). The largest absolute Gasteiger partial charge is 0.369 e. The van der Waals surface area contributed by atoms with Crippen LogP contribution in [-0.2, 0) is 10.0 Å². The SMILES string of the molecule is Cc1ccc(C)c(S(=O)(=O)N2CCN(c3ccc(Cl)c(Cl)c3)CC2)c1. The third-order valence-electron chi connectivity index (χ3n) is 4.47. The zero-order chi connectivity index (χ0) is 18.2. The first-order valence-corrected chi connectivity index (χ1v) is 10.3. The van der Waals surface area contributed by atoms with Crippen LogP contribution in [-0.4, -0.2) is 38.9 Å². The van der Waals surface area contributed by atoms with Gasteiger partial charge < -0.3 is 4.90 Å². The summed E-state index contributed by atoms with van der Waals surface area (Å²) < 4.78 is 27.5. The molecule has 2 aromatic rings. The van der Waals surface area contributed by atoms with E-state index in [0.29, 0.717) is 41.1 Å². The molecule has 1 heterocycles. The molecule has 2 aromatic carbocycles. The molecule has 25 heavy (non-hydrogen) atoms. The van der Waals surface area contributed by atoms with E-state index < -0.39 is 10.0 Å². The standard InChI is InChI=1S/C18H20Cl2N2O2S/c1-13-3-4-14(2)18(11-13)25(23,24)22-9-7-21(8-10-22)15-5-6-16(19)17(20)12-15/h3-6,11-12H,7-10H2,1-2H3. The van der Waals surface area contributed by atoms with Gasteiger partial charge in [0.05, 0.1) is 14.9 Å². The highest BCUT2D eigenvalue weighted by molar-refractivity contribution is 7.89. The Labute approximate surface area is 159 Å². The molecule has 0 radical (unpaired) electrons. The van der Waals surface area contributed by atoms with E-state index in [1.165, 1.54) is 0 Å². The lowest BCUT2D eigenvalue weighted by Crippen LogP contribution is -2.48. The van der Waals surface area contributed by atoms with Crippen LogP contribution in [0.2, 0.25) is 10.0 Å². The summed E-state index contributed by atoms with van der Waals surface area (Å²) in [7, 11) is -3.48. The van der Waals surface area contributed by atoms with Crippen LogP contribution in [0, 0.1) is 13.8 Å². The predicted octanol–water partition coefficient (Wildman–Crippen LogP) is 4.12. The summed E-state index contributed by atoms with van der Waals surface area (Å²) in [5, 5.41) is 1.02. The number of halogens is 2. The molecule has 134 valence electrons. The first-order chi connectivity index (χ1) is 11.8. The van der Waals surface area contributed by atoms with E-state index in [-0.39, 0.29) is 0 Å². The van der Waals surface area contributed by atoms with Gasteiger partial charge in [-0.2, -0.15) is 4.31 Å². The Kier molecular flexibility index (Phi) is 5.30. The maximum Gasteiger partial charge on any atom is 0.243 e. The molecule has 0 amide bonds. The Hall–Kier alpha value is -1.27. The molecule has 7 heteroatoms. The number of aryl methyl sites for hydroxylation is 2. The van der Waals surface area contributed by atoms with Crippen molar-refractivity contribution in [3.63, 3.8) is 0 Å². The average molecular weight is 399 g/mol. The maximum absolute atomic E-state index is 13.0. The number of piperazine rings is 1. The second-order valence-corrected chi connectivity index (χ2v) is 8.98. The molecular formula is C18H20Cl2N2O2S. The minimum Gasteiger partial charge on any atom is -0.369 e. The minimum absolute atomic E-state index is 0.399. The molecule has 0 spiro atoms. The molecular weight excluding hydrogens is 379 g/mol. The van der Waals surface area contributed by atoms with Gasteiger partial charge in [0.1, 0.15) is 0 Å². The van der Waals surface area contributed by atoms with Crippen LogP contribution in [0.15, 0.2) is 41.3 Å². The number of anilines is 1. The Bertz CT molecular complexity index is 892. The molecule has 1 aliphatic heterocycles. The summed E-state index contributed by atoms with van der Waals surface area (Å²) in [6.07, 6.45) is 0. The molecule has 4 nitrogen and oxygen atoms in total. The van der Waals surface area contributed by atoms with E-state index in [4.69, 9.17) is 23.2 Å². The van der Waals surface area contributed by atoms with Crippen molar-refractivity contribution in [1.82, 2.24) is 4.31 Å². The van der Waals surface area contributed by atoms with E-state index in [0.717, 1.165) is 16.8 Å². The highest BCUT2D eigenvalue weighted by atomic mass is 35.5. The fourth-order valence-corrected chi connectivity index (χ4v) is 5.02. The highest BCUT2D eigenvalue weighted by Gasteiger charge is 2.29. The number of nitrogens with zero attached hydrogens (tertiary/aromatic N) is 2. The van der Waals surface area contributed by atoms with Crippen LogP contribution < -0.4 is 4.90 Å². The first kappa shape index (κ1) is 18.5. The molecule has 0 aromatic heterocycles. The fraction of sp³-hybridized carbons (Fsp3) is 0.333. The predicted molar refractivity (Wildman–Crippen MR) is 103 cm³/mol. The third-order valence-corrected chi connectivity index (χ3v) is 7.25. The average Bonchev–Trinajstić information content (AvgIpc) is 2.59. The zero-order valence-electron chi connectivity index (χ0n) is 14.2. The molecule has 0 aliphatic carbocycles. The number of hydrogen-bond acceptors (Lipinski definition) is 3.